The second-order valence-corrected chi connectivity index (χ2v) is 4.45. The van der Waals surface area contributed by atoms with Crippen molar-refractivity contribution < 1.29 is 14.3 Å². The van der Waals surface area contributed by atoms with Crippen LogP contribution in [0.1, 0.15) is 43.0 Å². The molecule has 0 unspecified atom stereocenters. The molecule has 0 aliphatic rings. The summed E-state index contributed by atoms with van der Waals surface area (Å²) in [5, 5.41) is 2.78. The van der Waals surface area contributed by atoms with Crippen molar-refractivity contribution in [2.45, 2.75) is 32.6 Å². The number of esters is 1. The minimum atomic E-state index is -0.383. The first-order valence-corrected chi connectivity index (χ1v) is 6.94. The number of nitrogens with two attached hydrogens (primary N) is 1. The molecular weight excluding hydrogens is 256 g/mol. The number of rotatable bonds is 8. The third kappa shape index (κ3) is 5.84. The highest BCUT2D eigenvalue weighted by molar-refractivity contribution is 5.94. The number of hydrogen-bond donors (Lipinski definition) is 2. The molecule has 0 aromatic heterocycles. The first-order valence-electron chi connectivity index (χ1n) is 6.94. The number of carbonyl (C=O) groups is 2. The molecule has 110 valence electrons. The molecule has 0 radical (unpaired) electrons. The second kappa shape index (κ2) is 9.09. The average molecular weight is 278 g/mol. The smallest absolute Gasteiger partial charge is 0.338 e. The van der Waals surface area contributed by atoms with Crippen molar-refractivity contribution in [2.75, 3.05) is 18.5 Å². The molecule has 0 fully saturated rings. The van der Waals surface area contributed by atoms with Gasteiger partial charge in [0.1, 0.15) is 0 Å². The van der Waals surface area contributed by atoms with E-state index in [1.807, 2.05) is 0 Å². The molecule has 0 heterocycles. The molecule has 5 heteroatoms. The standard InChI is InChI=1S/C15H22N2O3/c1-2-20-15(19)12-7-6-8-13(11-12)17-14(18)9-4-3-5-10-16/h6-8,11H,2-5,9-10,16H2,1H3,(H,17,18). The van der Waals surface area contributed by atoms with Crippen molar-refractivity contribution in [1.82, 2.24) is 0 Å². The molecule has 3 N–H and O–H groups in total. The van der Waals surface area contributed by atoms with Crippen LogP contribution in [-0.2, 0) is 9.53 Å². The Hall–Kier alpha value is -1.88. The fourth-order valence-electron chi connectivity index (χ4n) is 1.77. The zero-order valence-electron chi connectivity index (χ0n) is 11.9. The van der Waals surface area contributed by atoms with Crippen LogP contribution in [0.15, 0.2) is 24.3 Å². The Labute approximate surface area is 119 Å². The number of ether oxygens (including phenoxy) is 1. The lowest BCUT2D eigenvalue weighted by molar-refractivity contribution is -0.116. The molecule has 20 heavy (non-hydrogen) atoms. The van der Waals surface area contributed by atoms with Gasteiger partial charge in [-0.05, 0) is 44.5 Å². The SMILES string of the molecule is CCOC(=O)c1cccc(NC(=O)CCCCCN)c1. The van der Waals surface area contributed by atoms with Crippen LogP contribution in [0.4, 0.5) is 5.69 Å². The number of anilines is 1. The summed E-state index contributed by atoms with van der Waals surface area (Å²) >= 11 is 0. The van der Waals surface area contributed by atoms with Crippen LogP contribution in [0.5, 0.6) is 0 Å². The fourth-order valence-corrected chi connectivity index (χ4v) is 1.77. The molecule has 0 saturated heterocycles. The van der Waals surface area contributed by atoms with Crippen LogP contribution in [0, 0.1) is 0 Å². The molecule has 0 atom stereocenters. The van der Waals surface area contributed by atoms with Crippen molar-refractivity contribution in [2.24, 2.45) is 5.73 Å². The van der Waals surface area contributed by atoms with Gasteiger partial charge in [-0.1, -0.05) is 12.5 Å². The monoisotopic (exact) mass is 278 g/mol. The van der Waals surface area contributed by atoms with Crippen LogP contribution >= 0.6 is 0 Å². The Morgan fingerprint density at radius 3 is 2.75 bits per heavy atom. The first-order chi connectivity index (χ1) is 9.67. The van der Waals surface area contributed by atoms with Gasteiger partial charge < -0.3 is 15.8 Å². The number of carbonyl (C=O) groups excluding carboxylic acids is 2. The highest BCUT2D eigenvalue weighted by atomic mass is 16.5. The maximum absolute atomic E-state index is 11.7. The Balaban J connectivity index is 2.49. The Bertz CT molecular complexity index is 446. The van der Waals surface area contributed by atoms with E-state index in [9.17, 15) is 9.59 Å². The summed E-state index contributed by atoms with van der Waals surface area (Å²) in [6.45, 7) is 2.74. The Kier molecular flexibility index (Phi) is 7.35. The molecule has 1 rings (SSSR count). The van der Waals surface area contributed by atoms with Crippen molar-refractivity contribution in [3.63, 3.8) is 0 Å². The van der Waals surface area contributed by atoms with Crippen molar-refractivity contribution in [3.05, 3.63) is 29.8 Å². The van der Waals surface area contributed by atoms with Gasteiger partial charge in [0.05, 0.1) is 12.2 Å². The van der Waals surface area contributed by atoms with Gasteiger partial charge in [-0.2, -0.15) is 0 Å². The van der Waals surface area contributed by atoms with E-state index in [1.54, 1.807) is 31.2 Å². The van der Waals surface area contributed by atoms with Crippen LogP contribution in [0.3, 0.4) is 0 Å². The van der Waals surface area contributed by atoms with E-state index in [0.717, 1.165) is 19.3 Å². The average Bonchev–Trinajstić information content (AvgIpc) is 2.44. The quantitative estimate of drug-likeness (QED) is 0.565. The summed E-state index contributed by atoms with van der Waals surface area (Å²) in [4.78, 5) is 23.3. The van der Waals surface area contributed by atoms with E-state index >= 15 is 0 Å². The molecule has 5 nitrogen and oxygen atoms in total. The Morgan fingerprint density at radius 1 is 1.25 bits per heavy atom. The molecular formula is C15H22N2O3. The minimum absolute atomic E-state index is 0.0527. The largest absolute Gasteiger partial charge is 0.462 e. The normalized spacial score (nSPS) is 10.1. The summed E-state index contributed by atoms with van der Waals surface area (Å²) in [5.41, 5.74) is 6.44. The molecule has 0 aliphatic carbocycles. The summed E-state index contributed by atoms with van der Waals surface area (Å²) in [6.07, 6.45) is 3.17. The van der Waals surface area contributed by atoms with Gasteiger partial charge in [0, 0.05) is 12.1 Å². The lowest BCUT2D eigenvalue weighted by Gasteiger charge is -2.07. The van der Waals surface area contributed by atoms with Crippen molar-refractivity contribution in [3.8, 4) is 0 Å². The van der Waals surface area contributed by atoms with E-state index in [0.29, 0.717) is 30.8 Å². The van der Waals surface area contributed by atoms with Crippen molar-refractivity contribution >= 4 is 17.6 Å². The van der Waals surface area contributed by atoms with E-state index < -0.39 is 0 Å². The van der Waals surface area contributed by atoms with Crippen LogP contribution in [0.2, 0.25) is 0 Å². The van der Waals surface area contributed by atoms with Gasteiger partial charge in [-0.3, -0.25) is 4.79 Å². The van der Waals surface area contributed by atoms with E-state index in [1.165, 1.54) is 0 Å². The molecule has 1 aromatic carbocycles. The van der Waals surface area contributed by atoms with E-state index in [2.05, 4.69) is 5.32 Å². The number of unbranched alkanes of at least 4 members (excludes halogenated alkanes) is 2. The molecule has 0 bridgehead atoms. The van der Waals surface area contributed by atoms with Crippen LogP contribution in [-0.4, -0.2) is 25.0 Å². The predicted molar refractivity (Wildman–Crippen MR) is 78.6 cm³/mol. The van der Waals surface area contributed by atoms with E-state index in [-0.39, 0.29) is 11.9 Å². The summed E-state index contributed by atoms with van der Waals surface area (Å²) < 4.78 is 4.92. The second-order valence-electron chi connectivity index (χ2n) is 4.45. The maximum atomic E-state index is 11.7. The Morgan fingerprint density at radius 2 is 2.05 bits per heavy atom. The van der Waals surface area contributed by atoms with Gasteiger partial charge in [0.25, 0.3) is 0 Å². The fraction of sp³-hybridized carbons (Fsp3) is 0.467. The molecule has 0 spiro atoms. The summed E-state index contributed by atoms with van der Waals surface area (Å²) in [5.74, 6) is -0.436. The number of amides is 1. The lowest BCUT2D eigenvalue weighted by Crippen LogP contribution is -2.12. The molecule has 0 saturated carbocycles. The van der Waals surface area contributed by atoms with Crippen LogP contribution in [0.25, 0.3) is 0 Å². The summed E-state index contributed by atoms with van der Waals surface area (Å²) in [6, 6.07) is 6.75. The zero-order chi connectivity index (χ0) is 14.8. The lowest BCUT2D eigenvalue weighted by atomic mass is 10.1. The minimum Gasteiger partial charge on any atom is -0.462 e. The number of nitrogens with one attached hydrogen (secondary N) is 1. The summed E-state index contributed by atoms with van der Waals surface area (Å²) in [7, 11) is 0. The zero-order valence-corrected chi connectivity index (χ0v) is 11.9. The molecule has 1 aromatic rings. The first kappa shape index (κ1) is 16.2. The highest BCUT2D eigenvalue weighted by Crippen LogP contribution is 2.12. The van der Waals surface area contributed by atoms with Crippen LogP contribution < -0.4 is 11.1 Å². The van der Waals surface area contributed by atoms with Crippen molar-refractivity contribution in [1.29, 1.82) is 0 Å². The van der Waals surface area contributed by atoms with Gasteiger partial charge in [0.15, 0.2) is 0 Å². The van der Waals surface area contributed by atoms with Gasteiger partial charge in [0.2, 0.25) is 5.91 Å². The number of benzene rings is 1. The van der Waals surface area contributed by atoms with Gasteiger partial charge in [-0.15, -0.1) is 0 Å². The number of hydrogen-bond acceptors (Lipinski definition) is 4. The van der Waals surface area contributed by atoms with Gasteiger partial charge in [-0.25, -0.2) is 4.79 Å². The third-order valence-corrected chi connectivity index (χ3v) is 2.77. The topological polar surface area (TPSA) is 81.4 Å². The molecule has 1 amide bonds. The van der Waals surface area contributed by atoms with E-state index in [4.69, 9.17) is 10.5 Å². The van der Waals surface area contributed by atoms with Gasteiger partial charge >= 0.3 is 5.97 Å². The highest BCUT2D eigenvalue weighted by Gasteiger charge is 2.08. The molecule has 0 aliphatic heterocycles. The maximum Gasteiger partial charge on any atom is 0.338 e. The third-order valence-electron chi connectivity index (χ3n) is 2.77. The predicted octanol–water partition coefficient (Wildman–Crippen LogP) is 2.32.